The second-order valence-electron chi connectivity index (χ2n) is 5.40. The Kier molecular flexibility index (Phi) is 5.83. The van der Waals surface area contributed by atoms with Crippen LogP contribution in [0.25, 0.3) is 0 Å². The van der Waals surface area contributed by atoms with Gasteiger partial charge < -0.3 is 15.2 Å². The largest absolute Gasteiger partial charge is 0.493 e. The van der Waals surface area contributed by atoms with Crippen LogP contribution < -0.4 is 15.2 Å². The number of sulfonamides is 1. The fourth-order valence-electron chi connectivity index (χ4n) is 2.51. The molecule has 0 aliphatic carbocycles. The minimum Gasteiger partial charge on any atom is -0.493 e. The lowest BCUT2D eigenvalue weighted by Crippen LogP contribution is -2.39. The van der Waals surface area contributed by atoms with Crippen LogP contribution in [-0.4, -0.2) is 39.9 Å². The van der Waals surface area contributed by atoms with E-state index in [0.29, 0.717) is 5.75 Å². The summed E-state index contributed by atoms with van der Waals surface area (Å²) in [6, 6.07) is 7.70. The van der Waals surface area contributed by atoms with Gasteiger partial charge >= 0.3 is 0 Å². The number of benzene rings is 2. The van der Waals surface area contributed by atoms with E-state index >= 15 is 0 Å². The fraction of sp³-hybridized carbons (Fsp3) is 0.235. The number of amides is 1. The van der Waals surface area contributed by atoms with Gasteiger partial charge in [-0.3, -0.25) is 4.79 Å². The summed E-state index contributed by atoms with van der Waals surface area (Å²) in [5.74, 6) is -0.971. The smallest absolute Gasteiger partial charge is 0.243 e. The molecule has 0 bridgehead atoms. The summed E-state index contributed by atoms with van der Waals surface area (Å²) >= 11 is 0. The van der Waals surface area contributed by atoms with E-state index in [4.69, 9.17) is 15.2 Å². The third-order valence-corrected chi connectivity index (χ3v) is 5.65. The van der Waals surface area contributed by atoms with Crippen molar-refractivity contribution in [3.8, 4) is 11.5 Å². The van der Waals surface area contributed by atoms with Crippen molar-refractivity contribution in [1.82, 2.24) is 4.31 Å². The molecule has 0 spiro atoms. The van der Waals surface area contributed by atoms with Crippen molar-refractivity contribution in [2.24, 2.45) is 5.73 Å². The number of hydrogen-bond acceptors (Lipinski definition) is 5. The van der Waals surface area contributed by atoms with Gasteiger partial charge in [0.1, 0.15) is 11.9 Å². The number of nitrogens with zero attached hydrogens (tertiary/aromatic N) is 1. The van der Waals surface area contributed by atoms with E-state index in [1.165, 1.54) is 57.7 Å². The zero-order valence-electron chi connectivity index (χ0n) is 14.5. The molecule has 0 aromatic heterocycles. The van der Waals surface area contributed by atoms with Crippen molar-refractivity contribution >= 4 is 15.9 Å². The van der Waals surface area contributed by atoms with Crippen molar-refractivity contribution in [1.29, 1.82) is 0 Å². The quantitative estimate of drug-likeness (QED) is 0.786. The molecule has 0 saturated carbocycles. The van der Waals surface area contributed by atoms with E-state index in [1.807, 2.05) is 0 Å². The second-order valence-corrected chi connectivity index (χ2v) is 7.40. The second kappa shape index (κ2) is 7.71. The number of rotatable bonds is 7. The van der Waals surface area contributed by atoms with Crippen LogP contribution in [0, 0.1) is 5.82 Å². The van der Waals surface area contributed by atoms with E-state index in [9.17, 15) is 17.6 Å². The standard InChI is InChI=1S/C17H19FN2O5S/c1-20(16(17(19)21)11-5-4-6-12(18)9-11)26(22,23)13-7-8-14(24-2)15(10-13)25-3/h4-10,16H,1-3H3,(H2,19,21). The lowest BCUT2D eigenvalue weighted by Gasteiger charge is -2.25. The van der Waals surface area contributed by atoms with Crippen LogP contribution in [0.3, 0.4) is 0 Å². The van der Waals surface area contributed by atoms with Gasteiger partial charge in [0.05, 0.1) is 19.1 Å². The van der Waals surface area contributed by atoms with Crippen molar-refractivity contribution in [2.45, 2.75) is 10.9 Å². The molecule has 0 heterocycles. The first-order valence-corrected chi connectivity index (χ1v) is 8.91. The van der Waals surface area contributed by atoms with Crippen molar-refractivity contribution in [3.63, 3.8) is 0 Å². The van der Waals surface area contributed by atoms with Gasteiger partial charge in [0.25, 0.3) is 0 Å². The Hall–Kier alpha value is -2.65. The van der Waals surface area contributed by atoms with Gasteiger partial charge in [-0.2, -0.15) is 4.31 Å². The van der Waals surface area contributed by atoms with Gasteiger partial charge in [-0.05, 0) is 29.8 Å². The summed E-state index contributed by atoms with van der Waals surface area (Å²) in [5.41, 5.74) is 5.51. The molecule has 1 unspecified atom stereocenters. The molecule has 26 heavy (non-hydrogen) atoms. The van der Waals surface area contributed by atoms with Crippen LogP contribution >= 0.6 is 0 Å². The Morgan fingerprint density at radius 1 is 1.12 bits per heavy atom. The van der Waals surface area contributed by atoms with Crippen molar-refractivity contribution in [3.05, 3.63) is 53.8 Å². The molecule has 2 rings (SSSR count). The minimum atomic E-state index is -4.13. The van der Waals surface area contributed by atoms with Gasteiger partial charge in [0.2, 0.25) is 15.9 Å². The first kappa shape index (κ1) is 19.7. The Morgan fingerprint density at radius 3 is 2.31 bits per heavy atom. The maximum absolute atomic E-state index is 13.5. The number of likely N-dealkylation sites (N-methyl/N-ethyl adjacent to an activating group) is 1. The molecule has 1 amide bonds. The molecule has 0 radical (unpaired) electrons. The number of methoxy groups -OCH3 is 2. The highest BCUT2D eigenvalue weighted by Crippen LogP contribution is 2.32. The first-order chi connectivity index (χ1) is 12.2. The predicted molar refractivity (Wildman–Crippen MR) is 92.8 cm³/mol. The summed E-state index contributed by atoms with van der Waals surface area (Å²) in [6.45, 7) is 0. The molecule has 0 aliphatic rings. The Bertz CT molecular complexity index is 917. The topological polar surface area (TPSA) is 98.9 Å². The lowest BCUT2D eigenvalue weighted by molar-refractivity contribution is -0.121. The minimum absolute atomic E-state index is 0.125. The number of ether oxygens (including phenoxy) is 2. The molecular weight excluding hydrogens is 363 g/mol. The molecule has 7 nitrogen and oxygen atoms in total. The Morgan fingerprint density at radius 2 is 1.77 bits per heavy atom. The molecule has 0 fully saturated rings. The van der Waals surface area contributed by atoms with E-state index in [1.54, 1.807) is 0 Å². The first-order valence-electron chi connectivity index (χ1n) is 7.47. The number of hydrogen-bond donors (Lipinski definition) is 1. The molecule has 2 N–H and O–H groups in total. The number of halogens is 1. The van der Waals surface area contributed by atoms with Crippen LogP contribution in [0.1, 0.15) is 11.6 Å². The number of carbonyl (C=O) groups excluding carboxylic acids is 1. The highest BCUT2D eigenvalue weighted by atomic mass is 32.2. The molecule has 0 aliphatic heterocycles. The van der Waals surface area contributed by atoms with Gasteiger partial charge in [0.15, 0.2) is 11.5 Å². The highest BCUT2D eigenvalue weighted by molar-refractivity contribution is 7.89. The SMILES string of the molecule is COc1ccc(S(=O)(=O)N(C)C(C(N)=O)c2cccc(F)c2)cc1OC. The molecule has 1 atom stereocenters. The summed E-state index contributed by atoms with van der Waals surface area (Å²) in [7, 11) is -0.133. The van der Waals surface area contributed by atoms with Gasteiger partial charge in [0, 0.05) is 13.1 Å². The molecule has 140 valence electrons. The molecule has 2 aromatic rings. The zero-order chi connectivity index (χ0) is 19.5. The Balaban J connectivity index is 2.51. The number of primary amides is 1. The van der Waals surface area contributed by atoms with E-state index in [2.05, 4.69) is 0 Å². The lowest BCUT2D eigenvalue weighted by atomic mass is 10.1. The third-order valence-electron chi connectivity index (χ3n) is 3.83. The van der Waals surface area contributed by atoms with E-state index < -0.39 is 27.8 Å². The number of nitrogens with two attached hydrogens (primary N) is 1. The van der Waals surface area contributed by atoms with Gasteiger partial charge in [-0.1, -0.05) is 12.1 Å². The third kappa shape index (κ3) is 3.78. The highest BCUT2D eigenvalue weighted by Gasteiger charge is 2.33. The molecule has 2 aromatic carbocycles. The van der Waals surface area contributed by atoms with Crippen LogP contribution in [0.2, 0.25) is 0 Å². The van der Waals surface area contributed by atoms with E-state index in [-0.39, 0.29) is 16.2 Å². The van der Waals surface area contributed by atoms with Crippen LogP contribution in [0.4, 0.5) is 4.39 Å². The van der Waals surface area contributed by atoms with Crippen molar-refractivity contribution in [2.75, 3.05) is 21.3 Å². The summed E-state index contributed by atoms with van der Waals surface area (Å²) in [4.78, 5) is 11.8. The van der Waals surface area contributed by atoms with Crippen molar-refractivity contribution < 1.29 is 27.1 Å². The molecule has 9 heteroatoms. The number of carbonyl (C=O) groups is 1. The maximum atomic E-state index is 13.5. The molecular formula is C17H19FN2O5S. The van der Waals surface area contributed by atoms with Gasteiger partial charge in [-0.25, -0.2) is 12.8 Å². The molecule has 0 saturated heterocycles. The summed E-state index contributed by atoms with van der Waals surface area (Å²) < 4.78 is 50.4. The zero-order valence-corrected chi connectivity index (χ0v) is 15.3. The van der Waals surface area contributed by atoms with E-state index in [0.717, 1.165) is 10.4 Å². The average molecular weight is 382 g/mol. The van der Waals surface area contributed by atoms with Crippen LogP contribution in [-0.2, 0) is 14.8 Å². The van der Waals surface area contributed by atoms with Crippen LogP contribution in [0.5, 0.6) is 11.5 Å². The van der Waals surface area contributed by atoms with Gasteiger partial charge in [-0.15, -0.1) is 0 Å². The predicted octanol–water partition coefficient (Wildman–Crippen LogP) is 1.69. The van der Waals surface area contributed by atoms with Crippen LogP contribution in [0.15, 0.2) is 47.4 Å². The Labute approximate surface area is 151 Å². The monoisotopic (exact) mass is 382 g/mol. The summed E-state index contributed by atoms with van der Waals surface area (Å²) in [5, 5.41) is 0. The summed E-state index contributed by atoms with van der Waals surface area (Å²) in [6.07, 6.45) is 0. The normalized spacial score (nSPS) is 12.7. The maximum Gasteiger partial charge on any atom is 0.243 e. The average Bonchev–Trinajstić information content (AvgIpc) is 2.60. The fourth-order valence-corrected chi connectivity index (χ4v) is 3.84.